The molecule has 0 atom stereocenters. The average molecular weight is 334 g/mol. The third-order valence-corrected chi connectivity index (χ3v) is 4.47. The molecule has 25 heavy (non-hydrogen) atoms. The van der Waals surface area contributed by atoms with Crippen LogP contribution in [0.1, 0.15) is 28.2 Å². The van der Waals surface area contributed by atoms with Crippen LogP contribution < -0.4 is 5.32 Å². The summed E-state index contributed by atoms with van der Waals surface area (Å²) >= 11 is 0. The Labute approximate surface area is 147 Å². The predicted molar refractivity (Wildman–Crippen MR) is 98.4 cm³/mol. The first-order valence-electron chi connectivity index (χ1n) is 8.61. The first-order chi connectivity index (χ1) is 12.2. The van der Waals surface area contributed by atoms with Gasteiger partial charge in [0.25, 0.3) is 0 Å². The van der Waals surface area contributed by atoms with Crippen LogP contribution in [-0.4, -0.2) is 21.8 Å². The standard InChI is InChI=1S/C20H22N4O/c1-13-8-15(9-14(2)22-13)11-21-17-5-3-4-16(10-17)20-18-12-25-7-6-19(18)23-24-20/h3-5,8-10,21H,6-7,11-12H2,1-2H3,(H,23,24). The van der Waals surface area contributed by atoms with Gasteiger partial charge in [0, 0.05) is 46.9 Å². The molecule has 0 saturated carbocycles. The molecule has 5 nitrogen and oxygen atoms in total. The number of pyridine rings is 1. The molecule has 0 spiro atoms. The van der Waals surface area contributed by atoms with Gasteiger partial charge in [-0.25, -0.2) is 0 Å². The predicted octanol–water partition coefficient (Wildman–Crippen LogP) is 3.77. The third-order valence-electron chi connectivity index (χ3n) is 4.47. The van der Waals surface area contributed by atoms with Crippen molar-refractivity contribution in [3.8, 4) is 11.3 Å². The maximum atomic E-state index is 5.59. The Bertz CT molecular complexity index is 880. The van der Waals surface area contributed by atoms with E-state index in [0.29, 0.717) is 6.61 Å². The van der Waals surface area contributed by atoms with Crippen molar-refractivity contribution in [1.29, 1.82) is 0 Å². The number of H-pyrrole nitrogens is 1. The van der Waals surface area contributed by atoms with Crippen LogP contribution in [-0.2, 0) is 24.3 Å². The summed E-state index contributed by atoms with van der Waals surface area (Å²) in [4.78, 5) is 4.43. The Morgan fingerprint density at radius 1 is 1.16 bits per heavy atom. The Hall–Kier alpha value is -2.66. The molecular formula is C20H22N4O. The maximum absolute atomic E-state index is 5.59. The summed E-state index contributed by atoms with van der Waals surface area (Å²) in [5.74, 6) is 0. The zero-order chi connectivity index (χ0) is 17.2. The molecule has 3 heterocycles. The van der Waals surface area contributed by atoms with Crippen molar-refractivity contribution >= 4 is 5.69 Å². The van der Waals surface area contributed by atoms with E-state index in [-0.39, 0.29) is 0 Å². The smallest absolute Gasteiger partial charge is 0.0979 e. The number of anilines is 1. The van der Waals surface area contributed by atoms with Crippen LogP contribution in [0.5, 0.6) is 0 Å². The molecule has 1 aromatic carbocycles. The lowest BCUT2D eigenvalue weighted by atomic mass is 10.0. The van der Waals surface area contributed by atoms with Crippen LogP contribution in [0.25, 0.3) is 11.3 Å². The number of benzene rings is 1. The van der Waals surface area contributed by atoms with E-state index in [1.54, 1.807) is 0 Å². The second-order valence-corrected chi connectivity index (χ2v) is 6.52. The summed E-state index contributed by atoms with van der Waals surface area (Å²) < 4.78 is 5.59. The number of ether oxygens (including phenoxy) is 1. The number of nitrogens with one attached hydrogen (secondary N) is 2. The van der Waals surface area contributed by atoms with Gasteiger partial charge in [-0.2, -0.15) is 5.10 Å². The lowest BCUT2D eigenvalue weighted by Gasteiger charge is -2.13. The number of rotatable bonds is 4. The van der Waals surface area contributed by atoms with Crippen molar-refractivity contribution in [1.82, 2.24) is 15.2 Å². The quantitative estimate of drug-likeness (QED) is 0.762. The summed E-state index contributed by atoms with van der Waals surface area (Å²) in [6.45, 7) is 6.23. The van der Waals surface area contributed by atoms with Crippen LogP contribution in [0.4, 0.5) is 5.69 Å². The van der Waals surface area contributed by atoms with Crippen LogP contribution in [0.3, 0.4) is 0 Å². The highest BCUT2D eigenvalue weighted by molar-refractivity contribution is 5.68. The second kappa shape index (κ2) is 6.69. The zero-order valence-corrected chi connectivity index (χ0v) is 14.6. The molecule has 2 N–H and O–H groups in total. The van der Waals surface area contributed by atoms with Crippen LogP contribution in [0.2, 0.25) is 0 Å². The SMILES string of the molecule is Cc1cc(CNc2cccc(-c3n[nH]c4c3COCC4)c2)cc(C)n1. The average Bonchev–Trinajstić information content (AvgIpc) is 3.04. The summed E-state index contributed by atoms with van der Waals surface area (Å²) in [7, 11) is 0. The topological polar surface area (TPSA) is 62.8 Å². The minimum absolute atomic E-state index is 0.633. The highest BCUT2D eigenvalue weighted by Crippen LogP contribution is 2.29. The number of hydrogen-bond acceptors (Lipinski definition) is 4. The Morgan fingerprint density at radius 3 is 2.84 bits per heavy atom. The highest BCUT2D eigenvalue weighted by Gasteiger charge is 2.18. The van der Waals surface area contributed by atoms with Crippen molar-refractivity contribution in [2.75, 3.05) is 11.9 Å². The fourth-order valence-electron chi connectivity index (χ4n) is 3.35. The molecule has 0 bridgehead atoms. The van der Waals surface area contributed by atoms with E-state index in [2.05, 4.69) is 56.9 Å². The first-order valence-corrected chi connectivity index (χ1v) is 8.61. The van der Waals surface area contributed by atoms with Crippen molar-refractivity contribution in [3.63, 3.8) is 0 Å². The van der Waals surface area contributed by atoms with E-state index >= 15 is 0 Å². The van der Waals surface area contributed by atoms with Gasteiger partial charge in [-0.3, -0.25) is 10.1 Å². The van der Waals surface area contributed by atoms with E-state index < -0.39 is 0 Å². The van der Waals surface area contributed by atoms with Crippen LogP contribution in [0.15, 0.2) is 36.4 Å². The molecule has 0 fully saturated rings. The van der Waals surface area contributed by atoms with Gasteiger partial charge in [0.05, 0.1) is 18.9 Å². The van der Waals surface area contributed by atoms with Crippen molar-refractivity contribution in [2.45, 2.75) is 33.4 Å². The Morgan fingerprint density at radius 2 is 2.00 bits per heavy atom. The van der Waals surface area contributed by atoms with Gasteiger partial charge < -0.3 is 10.1 Å². The Balaban J connectivity index is 1.54. The molecular weight excluding hydrogens is 312 g/mol. The molecule has 0 radical (unpaired) electrons. The molecule has 4 rings (SSSR count). The van der Waals surface area contributed by atoms with E-state index in [0.717, 1.165) is 47.9 Å². The van der Waals surface area contributed by atoms with Crippen LogP contribution >= 0.6 is 0 Å². The molecule has 1 aliphatic heterocycles. The molecule has 0 unspecified atom stereocenters. The maximum Gasteiger partial charge on any atom is 0.0979 e. The molecule has 0 saturated heterocycles. The molecule has 1 aliphatic rings. The molecule has 128 valence electrons. The largest absolute Gasteiger partial charge is 0.381 e. The third kappa shape index (κ3) is 3.42. The van der Waals surface area contributed by atoms with Gasteiger partial charge in [-0.15, -0.1) is 0 Å². The van der Waals surface area contributed by atoms with Gasteiger partial charge in [0.2, 0.25) is 0 Å². The number of aromatic nitrogens is 3. The number of aryl methyl sites for hydroxylation is 2. The summed E-state index contributed by atoms with van der Waals surface area (Å²) in [6.07, 6.45) is 0.904. The number of nitrogens with zero attached hydrogens (tertiary/aromatic N) is 2. The van der Waals surface area contributed by atoms with Crippen molar-refractivity contribution < 1.29 is 4.74 Å². The summed E-state index contributed by atoms with van der Waals surface area (Å²) in [6, 6.07) is 12.6. The normalized spacial score (nSPS) is 13.5. The highest BCUT2D eigenvalue weighted by atomic mass is 16.5. The molecule has 2 aromatic heterocycles. The van der Waals surface area contributed by atoms with Crippen molar-refractivity contribution in [2.24, 2.45) is 0 Å². The van der Waals surface area contributed by atoms with Gasteiger partial charge in [0.1, 0.15) is 0 Å². The van der Waals surface area contributed by atoms with Crippen molar-refractivity contribution in [3.05, 3.63) is 64.6 Å². The fourth-order valence-corrected chi connectivity index (χ4v) is 3.35. The van der Waals surface area contributed by atoms with Gasteiger partial charge in [-0.05, 0) is 43.7 Å². The minimum Gasteiger partial charge on any atom is -0.381 e. The van der Waals surface area contributed by atoms with E-state index in [9.17, 15) is 0 Å². The van der Waals surface area contributed by atoms with E-state index in [1.165, 1.54) is 16.8 Å². The van der Waals surface area contributed by atoms with Crippen LogP contribution in [0, 0.1) is 13.8 Å². The number of fused-ring (bicyclic) bond motifs is 1. The monoisotopic (exact) mass is 334 g/mol. The van der Waals surface area contributed by atoms with E-state index in [4.69, 9.17) is 4.74 Å². The fraction of sp³-hybridized carbons (Fsp3) is 0.300. The lowest BCUT2D eigenvalue weighted by molar-refractivity contribution is 0.110. The van der Waals surface area contributed by atoms with Gasteiger partial charge in [0.15, 0.2) is 0 Å². The first kappa shape index (κ1) is 15.8. The summed E-state index contributed by atoms with van der Waals surface area (Å²) in [5, 5.41) is 11.2. The molecule has 5 heteroatoms. The molecule has 3 aromatic rings. The number of hydrogen-bond donors (Lipinski definition) is 2. The van der Waals surface area contributed by atoms with Gasteiger partial charge in [-0.1, -0.05) is 12.1 Å². The van der Waals surface area contributed by atoms with E-state index in [1.807, 2.05) is 13.8 Å². The lowest BCUT2D eigenvalue weighted by Crippen LogP contribution is -2.08. The molecule has 0 amide bonds. The molecule has 0 aliphatic carbocycles. The number of aromatic amines is 1. The minimum atomic E-state index is 0.633. The summed E-state index contributed by atoms with van der Waals surface area (Å²) in [5.41, 5.74) is 8.90. The Kier molecular flexibility index (Phi) is 4.24. The van der Waals surface area contributed by atoms with Gasteiger partial charge >= 0.3 is 0 Å². The second-order valence-electron chi connectivity index (χ2n) is 6.52. The zero-order valence-electron chi connectivity index (χ0n) is 14.6.